The number of aliphatic carboxylic acids is 1. The van der Waals surface area contributed by atoms with Gasteiger partial charge in [0.15, 0.2) is 0 Å². The summed E-state index contributed by atoms with van der Waals surface area (Å²) < 4.78 is 1.88. The van der Waals surface area contributed by atoms with Gasteiger partial charge in [0.1, 0.15) is 0 Å². The number of rotatable bonds is 5. The van der Waals surface area contributed by atoms with Crippen molar-refractivity contribution in [2.24, 2.45) is 5.92 Å². The molecule has 0 unspecified atom stereocenters. The number of hydrogen-bond donors (Lipinski definition) is 2. The van der Waals surface area contributed by atoms with Crippen molar-refractivity contribution in [1.82, 2.24) is 14.7 Å². The van der Waals surface area contributed by atoms with Crippen LogP contribution in [0.25, 0.3) is 5.69 Å². The second kappa shape index (κ2) is 8.24. The highest BCUT2D eigenvalue weighted by Gasteiger charge is 2.27. The molecule has 2 N–H and O–H groups in total. The normalized spacial score (nSPS) is 15.0. The lowest BCUT2D eigenvalue weighted by molar-refractivity contribution is -0.143. The van der Waals surface area contributed by atoms with Gasteiger partial charge >= 0.3 is 12.0 Å². The first-order chi connectivity index (χ1) is 13.0. The molecule has 1 aliphatic rings. The Morgan fingerprint density at radius 2 is 2.04 bits per heavy atom. The second-order valence-corrected chi connectivity index (χ2v) is 7.04. The number of carbonyl (C=O) groups is 2. The van der Waals surface area contributed by atoms with Crippen molar-refractivity contribution in [3.63, 3.8) is 0 Å². The monoisotopic (exact) mass is 370 g/mol. The Hall–Kier alpha value is -2.83. The van der Waals surface area contributed by atoms with E-state index in [9.17, 15) is 9.59 Å². The molecule has 1 saturated heterocycles. The predicted molar refractivity (Wildman–Crippen MR) is 103 cm³/mol. The van der Waals surface area contributed by atoms with Gasteiger partial charge in [0.25, 0.3) is 0 Å². The molecule has 0 bridgehead atoms. The van der Waals surface area contributed by atoms with Crippen molar-refractivity contribution < 1.29 is 14.7 Å². The number of carboxylic acids is 1. The summed E-state index contributed by atoms with van der Waals surface area (Å²) in [5.41, 5.74) is 3.80. The van der Waals surface area contributed by atoms with Crippen molar-refractivity contribution in [2.45, 2.75) is 39.5 Å². The van der Waals surface area contributed by atoms with E-state index in [0.29, 0.717) is 31.6 Å². The molecule has 7 heteroatoms. The highest BCUT2D eigenvalue weighted by atomic mass is 16.4. The number of anilines is 1. The Labute approximate surface area is 159 Å². The zero-order valence-corrected chi connectivity index (χ0v) is 15.8. The van der Waals surface area contributed by atoms with E-state index < -0.39 is 5.97 Å². The van der Waals surface area contributed by atoms with Crippen molar-refractivity contribution in [2.75, 3.05) is 18.4 Å². The van der Waals surface area contributed by atoms with Crippen LogP contribution in [0, 0.1) is 12.8 Å². The van der Waals surface area contributed by atoms with Gasteiger partial charge in [0, 0.05) is 13.1 Å². The molecule has 144 valence electrons. The summed E-state index contributed by atoms with van der Waals surface area (Å²) in [6.45, 7) is 5.04. The number of urea groups is 1. The second-order valence-electron chi connectivity index (χ2n) is 7.04. The Morgan fingerprint density at radius 1 is 1.30 bits per heavy atom. The van der Waals surface area contributed by atoms with Crippen LogP contribution in [0.4, 0.5) is 10.5 Å². The van der Waals surface area contributed by atoms with Crippen LogP contribution < -0.4 is 5.32 Å². The van der Waals surface area contributed by atoms with Gasteiger partial charge in [0.05, 0.1) is 29.2 Å². The lowest BCUT2D eigenvalue weighted by atomic mass is 9.97. The fourth-order valence-corrected chi connectivity index (χ4v) is 3.46. The van der Waals surface area contributed by atoms with Crippen molar-refractivity contribution in [1.29, 1.82) is 0 Å². The average Bonchev–Trinajstić information content (AvgIpc) is 3.04. The van der Waals surface area contributed by atoms with E-state index in [2.05, 4.69) is 23.4 Å². The van der Waals surface area contributed by atoms with Crippen LogP contribution in [0.1, 0.15) is 37.4 Å². The SMILES string of the molecule is CCCc1c(NC(=O)N2CCC(C(=O)O)CC2)cnn1-c1cccc(C)c1. The Kier molecular flexibility index (Phi) is 5.78. The van der Waals surface area contributed by atoms with E-state index in [1.807, 2.05) is 29.8 Å². The lowest BCUT2D eigenvalue weighted by Gasteiger charge is -2.30. The zero-order chi connectivity index (χ0) is 19.4. The highest BCUT2D eigenvalue weighted by Crippen LogP contribution is 2.23. The van der Waals surface area contributed by atoms with Crippen LogP contribution >= 0.6 is 0 Å². The quantitative estimate of drug-likeness (QED) is 0.844. The van der Waals surface area contributed by atoms with E-state index >= 15 is 0 Å². The molecular weight excluding hydrogens is 344 g/mol. The maximum Gasteiger partial charge on any atom is 0.321 e. The van der Waals surface area contributed by atoms with E-state index in [0.717, 1.165) is 29.8 Å². The zero-order valence-electron chi connectivity index (χ0n) is 15.8. The Balaban J connectivity index is 1.75. The molecule has 1 aromatic carbocycles. The number of carbonyl (C=O) groups excluding carboxylic acids is 1. The van der Waals surface area contributed by atoms with Gasteiger partial charge in [-0.15, -0.1) is 0 Å². The molecule has 0 atom stereocenters. The first-order valence-electron chi connectivity index (χ1n) is 9.42. The number of piperidine rings is 1. The molecule has 0 spiro atoms. The summed E-state index contributed by atoms with van der Waals surface area (Å²) >= 11 is 0. The van der Waals surface area contributed by atoms with Crippen molar-refractivity contribution >= 4 is 17.7 Å². The van der Waals surface area contributed by atoms with Gasteiger partial charge in [0.2, 0.25) is 0 Å². The number of amides is 2. The summed E-state index contributed by atoms with van der Waals surface area (Å²) in [6, 6.07) is 7.90. The van der Waals surface area contributed by atoms with Crippen molar-refractivity contribution in [3.05, 3.63) is 41.7 Å². The van der Waals surface area contributed by atoms with Crippen LogP contribution in [-0.4, -0.2) is 44.9 Å². The van der Waals surface area contributed by atoms with Crippen LogP contribution in [-0.2, 0) is 11.2 Å². The molecule has 0 aliphatic carbocycles. The fourth-order valence-electron chi connectivity index (χ4n) is 3.46. The predicted octanol–water partition coefficient (Wildman–Crippen LogP) is 3.46. The maximum absolute atomic E-state index is 12.6. The molecule has 0 saturated carbocycles. The van der Waals surface area contributed by atoms with E-state index in [1.165, 1.54) is 0 Å². The largest absolute Gasteiger partial charge is 0.481 e. The van der Waals surface area contributed by atoms with Gasteiger partial charge < -0.3 is 15.3 Å². The standard InChI is InChI=1S/C20H26N4O3/c1-3-5-18-17(13-21-24(18)16-7-4-6-14(2)12-16)22-20(27)23-10-8-15(9-11-23)19(25)26/h4,6-7,12-13,15H,3,5,8-11H2,1-2H3,(H,22,27)(H,25,26). The first-order valence-corrected chi connectivity index (χ1v) is 9.42. The van der Waals surface area contributed by atoms with Gasteiger partial charge in [-0.1, -0.05) is 25.5 Å². The molecule has 1 aliphatic heterocycles. The lowest BCUT2D eigenvalue weighted by Crippen LogP contribution is -2.42. The minimum Gasteiger partial charge on any atom is -0.481 e. The van der Waals surface area contributed by atoms with Gasteiger partial charge in [-0.25, -0.2) is 9.48 Å². The summed E-state index contributed by atoms with van der Waals surface area (Å²) in [5, 5.41) is 16.5. The minimum atomic E-state index is -0.778. The molecule has 1 aromatic heterocycles. The molecule has 0 radical (unpaired) electrons. The first kappa shape index (κ1) is 18.9. The number of aryl methyl sites for hydroxylation is 1. The number of likely N-dealkylation sites (tertiary alicyclic amines) is 1. The minimum absolute atomic E-state index is 0.194. The van der Waals surface area contributed by atoms with E-state index in [4.69, 9.17) is 5.11 Å². The van der Waals surface area contributed by atoms with Gasteiger partial charge in [-0.05, 0) is 43.9 Å². The topological polar surface area (TPSA) is 87.5 Å². The summed E-state index contributed by atoms with van der Waals surface area (Å²) in [6.07, 6.45) is 4.41. The molecule has 27 heavy (non-hydrogen) atoms. The Morgan fingerprint density at radius 3 is 2.67 bits per heavy atom. The number of aromatic nitrogens is 2. The summed E-state index contributed by atoms with van der Waals surface area (Å²) in [5.74, 6) is -1.13. The summed E-state index contributed by atoms with van der Waals surface area (Å²) in [7, 11) is 0. The van der Waals surface area contributed by atoms with E-state index in [-0.39, 0.29) is 11.9 Å². The number of benzene rings is 1. The van der Waals surface area contributed by atoms with Crippen LogP contribution in [0.5, 0.6) is 0 Å². The smallest absolute Gasteiger partial charge is 0.321 e. The highest BCUT2D eigenvalue weighted by molar-refractivity contribution is 5.90. The number of hydrogen-bond acceptors (Lipinski definition) is 3. The maximum atomic E-state index is 12.6. The Bertz CT molecular complexity index is 822. The number of carboxylic acid groups (broad SMARTS) is 1. The molecular formula is C20H26N4O3. The van der Waals surface area contributed by atoms with Gasteiger partial charge in [-0.3, -0.25) is 4.79 Å². The molecule has 2 amide bonds. The molecule has 1 fully saturated rings. The van der Waals surface area contributed by atoms with E-state index in [1.54, 1.807) is 11.1 Å². The number of nitrogens with one attached hydrogen (secondary N) is 1. The average molecular weight is 370 g/mol. The van der Waals surface area contributed by atoms with Crippen molar-refractivity contribution in [3.8, 4) is 5.69 Å². The van der Waals surface area contributed by atoms with Crippen LogP contribution in [0.15, 0.2) is 30.5 Å². The third-order valence-corrected chi connectivity index (χ3v) is 4.97. The fraction of sp³-hybridized carbons (Fsp3) is 0.450. The van der Waals surface area contributed by atoms with Crippen LogP contribution in [0.2, 0.25) is 0 Å². The summed E-state index contributed by atoms with van der Waals surface area (Å²) in [4.78, 5) is 25.4. The molecule has 2 aromatic rings. The third kappa shape index (κ3) is 4.30. The van der Waals surface area contributed by atoms with Gasteiger partial charge in [-0.2, -0.15) is 5.10 Å². The third-order valence-electron chi connectivity index (χ3n) is 4.97. The van der Waals surface area contributed by atoms with Crippen LogP contribution in [0.3, 0.4) is 0 Å². The molecule has 3 rings (SSSR count). The number of nitrogens with zero attached hydrogens (tertiary/aromatic N) is 3. The molecule has 7 nitrogen and oxygen atoms in total. The molecule has 2 heterocycles.